The van der Waals surface area contributed by atoms with Crippen LogP contribution in [-0.2, 0) is 4.79 Å². The van der Waals surface area contributed by atoms with Gasteiger partial charge in [-0.05, 0) is 19.3 Å². The number of ether oxygens (including phenoxy) is 4. The summed E-state index contributed by atoms with van der Waals surface area (Å²) >= 11 is 0. The van der Waals surface area contributed by atoms with Crippen molar-refractivity contribution in [2.75, 3.05) is 19.8 Å². The summed E-state index contributed by atoms with van der Waals surface area (Å²) in [7, 11) is 0. The molecule has 5 nitrogen and oxygen atoms in total. The SMILES string of the molecule is CCCOc1cc(O[C]=O)cc(OCCC)c1OCCC. The fourth-order valence-electron chi connectivity index (χ4n) is 1.64. The number of carbonyl (C=O) groups excluding carboxylic acids is 1. The van der Waals surface area contributed by atoms with Gasteiger partial charge >= 0.3 is 6.47 Å². The standard InChI is InChI=1S/C16H23O5/c1-4-7-18-14-10-13(21-12-17)11-15(19-8-5-2)16(14)20-9-6-3/h10-11H,4-9H2,1-3H3. The minimum atomic E-state index is 0.325. The molecule has 21 heavy (non-hydrogen) atoms. The maximum absolute atomic E-state index is 10.4. The van der Waals surface area contributed by atoms with Gasteiger partial charge in [-0.15, -0.1) is 0 Å². The number of benzene rings is 1. The van der Waals surface area contributed by atoms with Gasteiger partial charge in [0.05, 0.1) is 19.8 Å². The maximum Gasteiger partial charge on any atom is 0.423 e. The second-order valence-corrected chi connectivity index (χ2v) is 4.48. The molecule has 0 amide bonds. The highest BCUT2D eigenvalue weighted by atomic mass is 16.5. The van der Waals surface area contributed by atoms with E-state index in [0.717, 1.165) is 19.3 Å². The molecule has 1 radical (unpaired) electrons. The number of hydrogen-bond donors (Lipinski definition) is 0. The van der Waals surface area contributed by atoms with E-state index in [-0.39, 0.29) is 0 Å². The predicted molar refractivity (Wildman–Crippen MR) is 80.1 cm³/mol. The first-order chi connectivity index (χ1) is 10.3. The van der Waals surface area contributed by atoms with E-state index in [9.17, 15) is 4.79 Å². The summed E-state index contributed by atoms with van der Waals surface area (Å²) in [5.74, 6) is 1.91. The first-order valence-corrected chi connectivity index (χ1v) is 7.37. The van der Waals surface area contributed by atoms with Gasteiger partial charge in [0.2, 0.25) is 5.75 Å². The summed E-state index contributed by atoms with van der Waals surface area (Å²) in [6.07, 6.45) is 2.60. The quantitative estimate of drug-likeness (QED) is 0.625. The second kappa shape index (κ2) is 9.91. The van der Waals surface area contributed by atoms with Crippen molar-refractivity contribution >= 4 is 6.47 Å². The van der Waals surface area contributed by atoms with Crippen molar-refractivity contribution in [3.05, 3.63) is 12.1 Å². The summed E-state index contributed by atoms with van der Waals surface area (Å²) in [6, 6.07) is 3.23. The van der Waals surface area contributed by atoms with E-state index >= 15 is 0 Å². The van der Waals surface area contributed by atoms with Gasteiger partial charge < -0.3 is 18.9 Å². The fourth-order valence-corrected chi connectivity index (χ4v) is 1.64. The van der Waals surface area contributed by atoms with Gasteiger partial charge in [0.25, 0.3) is 0 Å². The zero-order valence-electron chi connectivity index (χ0n) is 12.9. The third kappa shape index (κ3) is 5.53. The minimum Gasteiger partial charge on any atom is -0.489 e. The van der Waals surface area contributed by atoms with Crippen LogP contribution in [0.3, 0.4) is 0 Å². The Kier molecular flexibility index (Phi) is 8.09. The Hall–Kier alpha value is -1.91. The highest BCUT2D eigenvalue weighted by Gasteiger charge is 2.16. The normalized spacial score (nSPS) is 10.0. The molecule has 0 spiro atoms. The molecule has 0 heterocycles. The van der Waals surface area contributed by atoms with Gasteiger partial charge in [0.15, 0.2) is 11.5 Å². The van der Waals surface area contributed by atoms with Crippen LogP contribution in [0.25, 0.3) is 0 Å². The van der Waals surface area contributed by atoms with Crippen LogP contribution < -0.4 is 18.9 Å². The lowest BCUT2D eigenvalue weighted by Gasteiger charge is -2.17. The Morgan fingerprint density at radius 2 is 1.33 bits per heavy atom. The van der Waals surface area contributed by atoms with Crippen molar-refractivity contribution < 1.29 is 23.7 Å². The molecule has 1 rings (SSSR count). The van der Waals surface area contributed by atoms with Crippen LogP contribution in [0.4, 0.5) is 0 Å². The summed E-state index contributed by atoms with van der Waals surface area (Å²) in [4.78, 5) is 10.4. The summed E-state index contributed by atoms with van der Waals surface area (Å²) in [5.41, 5.74) is 0. The van der Waals surface area contributed by atoms with Crippen LogP contribution in [-0.4, -0.2) is 26.3 Å². The van der Waals surface area contributed by atoms with Crippen molar-refractivity contribution in [1.82, 2.24) is 0 Å². The van der Waals surface area contributed by atoms with E-state index in [4.69, 9.17) is 18.9 Å². The zero-order chi connectivity index (χ0) is 15.5. The topological polar surface area (TPSA) is 54.0 Å². The van der Waals surface area contributed by atoms with E-state index in [1.165, 1.54) is 6.47 Å². The van der Waals surface area contributed by atoms with E-state index in [2.05, 4.69) is 0 Å². The summed E-state index contributed by atoms with van der Waals surface area (Å²) in [5, 5.41) is 0. The minimum absolute atomic E-state index is 0.325. The van der Waals surface area contributed by atoms with Crippen molar-refractivity contribution in [1.29, 1.82) is 0 Å². The van der Waals surface area contributed by atoms with Crippen LogP contribution in [0.15, 0.2) is 12.1 Å². The molecule has 0 N–H and O–H groups in total. The lowest BCUT2D eigenvalue weighted by Crippen LogP contribution is -2.05. The fraction of sp³-hybridized carbons (Fsp3) is 0.562. The number of hydrogen-bond acceptors (Lipinski definition) is 5. The molecular weight excluding hydrogens is 272 g/mol. The van der Waals surface area contributed by atoms with Crippen LogP contribution in [0.2, 0.25) is 0 Å². The Bertz CT molecular complexity index is 402. The van der Waals surface area contributed by atoms with Crippen LogP contribution >= 0.6 is 0 Å². The molecule has 5 heteroatoms. The molecule has 0 aliphatic heterocycles. The predicted octanol–water partition coefficient (Wildman–Crippen LogP) is 3.50. The zero-order valence-corrected chi connectivity index (χ0v) is 12.9. The van der Waals surface area contributed by atoms with E-state index < -0.39 is 0 Å². The molecule has 0 atom stereocenters. The molecule has 117 valence electrons. The Morgan fingerprint density at radius 1 is 0.857 bits per heavy atom. The Labute approximate surface area is 126 Å². The molecule has 0 unspecified atom stereocenters. The molecule has 0 aliphatic rings. The molecule has 0 saturated carbocycles. The largest absolute Gasteiger partial charge is 0.489 e. The smallest absolute Gasteiger partial charge is 0.423 e. The van der Waals surface area contributed by atoms with E-state index in [1.54, 1.807) is 12.1 Å². The third-order valence-electron chi connectivity index (χ3n) is 2.53. The van der Waals surface area contributed by atoms with Crippen LogP contribution in [0.1, 0.15) is 40.0 Å². The molecule has 0 saturated heterocycles. The molecule has 1 aromatic carbocycles. The van der Waals surface area contributed by atoms with Gasteiger partial charge in [-0.3, -0.25) is 0 Å². The maximum atomic E-state index is 10.4. The highest BCUT2D eigenvalue weighted by Crippen LogP contribution is 2.41. The highest BCUT2D eigenvalue weighted by molar-refractivity contribution is 5.58. The molecular formula is C16H23O5. The third-order valence-corrected chi connectivity index (χ3v) is 2.53. The van der Waals surface area contributed by atoms with Crippen molar-refractivity contribution in [3.63, 3.8) is 0 Å². The van der Waals surface area contributed by atoms with Crippen molar-refractivity contribution in [2.24, 2.45) is 0 Å². The average Bonchev–Trinajstić information content (AvgIpc) is 2.49. The Balaban J connectivity index is 3.11. The van der Waals surface area contributed by atoms with Gasteiger partial charge in [-0.2, -0.15) is 0 Å². The average molecular weight is 295 g/mol. The lowest BCUT2D eigenvalue weighted by molar-refractivity contribution is 0.241. The van der Waals surface area contributed by atoms with Gasteiger partial charge in [-0.25, -0.2) is 4.79 Å². The molecule has 0 fully saturated rings. The first-order valence-electron chi connectivity index (χ1n) is 7.37. The van der Waals surface area contributed by atoms with Crippen molar-refractivity contribution in [2.45, 2.75) is 40.0 Å². The second-order valence-electron chi connectivity index (χ2n) is 4.48. The van der Waals surface area contributed by atoms with Crippen LogP contribution in [0.5, 0.6) is 23.0 Å². The molecule has 0 aliphatic carbocycles. The lowest BCUT2D eigenvalue weighted by atomic mass is 10.2. The van der Waals surface area contributed by atoms with Crippen molar-refractivity contribution in [3.8, 4) is 23.0 Å². The van der Waals surface area contributed by atoms with Gasteiger partial charge in [0.1, 0.15) is 5.75 Å². The molecule has 0 aromatic heterocycles. The van der Waals surface area contributed by atoms with Gasteiger partial charge in [-0.1, -0.05) is 20.8 Å². The van der Waals surface area contributed by atoms with Crippen LogP contribution in [0, 0.1) is 0 Å². The first kappa shape index (κ1) is 17.1. The summed E-state index contributed by atoms with van der Waals surface area (Å²) < 4.78 is 21.9. The van der Waals surface area contributed by atoms with E-state index in [0.29, 0.717) is 42.8 Å². The van der Waals surface area contributed by atoms with Gasteiger partial charge in [0, 0.05) is 12.1 Å². The number of rotatable bonds is 11. The Morgan fingerprint density at radius 3 is 1.76 bits per heavy atom. The summed E-state index contributed by atoms with van der Waals surface area (Å²) in [6.45, 7) is 9.12. The molecule has 1 aromatic rings. The monoisotopic (exact) mass is 295 g/mol. The van der Waals surface area contributed by atoms with E-state index in [1.807, 2.05) is 20.8 Å². The molecule has 0 bridgehead atoms.